The maximum atomic E-state index is 12.3. The fourth-order valence-electron chi connectivity index (χ4n) is 2.81. The van der Waals surface area contributed by atoms with Gasteiger partial charge in [-0.15, -0.1) is 11.7 Å². The second-order valence-electron chi connectivity index (χ2n) is 5.93. The molecule has 1 aromatic carbocycles. The minimum atomic E-state index is 0.176. The van der Waals surface area contributed by atoms with Crippen LogP contribution in [0.15, 0.2) is 46.5 Å². The van der Waals surface area contributed by atoms with E-state index in [-0.39, 0.29) is 5.91 Å². The zero-order chi connectivity index (χ0) is 17.6. The lowest BCUT2D eigenvalue weighted by atomic mass is 10.1. The maximum absolute atomic E-state index is 12.3. The largest absolute Gasteiger partial charge is 0.342 e. The average Bonchev–Trinajstić information content (AvgIpc) is 3.04. The van der Waals surface area contributed by atoms with Crippen molar-refractivity contribution in [2.24, 2.45) is 0 Å². The average molecular weight is 421 g/mol. The van der Waals surface area contributed by atoms with Crippen molar-refractivity contribution in [3.63, 3.8) is 0 Å². The summed E-state index contributed by atoms with van der Waals surface area (Å²) in [6.07, 6.45) is 5.23. The van der Waals surface area contributed by atoms with Crippen LogP contribution >= 0.6 is 27.7 Å². The van der Waals surface area contributed by atoms with E-state index in [0.29, 0.717) is 17.5 Å². The molecule has 3 rings (SSSR count). The molecule has 1 aromatic heterocycles. The van der Waals surface area contributed by atoms with E-state index in [0.717, 1.165) is 41.8 Å². The third-order valence-electron chi connectivity index (χ3n) is 4.09. The summed E-state index contributed by atoms with van der Waals surface area (Å²) in [5.41, 5.74) is 0.992. The Labute approximate surface area is 160 Å². The summed E-state index contributed by atoms with van der Waals surface area (Å²) in [5.74, 6) is 1.35. The van der Waals surface area contributed by atoms with Crippen molar-refractivity contribution in [3.05, 3.63) is 41.4 Å². The lowest BCUT2D eigenvalue weighted by molar-refractivity contribution is -0.129. The van der Waals surface area contributed by atoms with Gasteiger partial charge in [0.05, 0.1) is 12.3 Å². The Balaban J connectivity index is 1.71. The third-order valence-corrected chi connectivity index (χ3v) is 5.44. The van der Waals surface area contributed by atoms with Crippen molar-refractivity contribution in [3.8, 4) is 11.4 Å². The molecule has 0 aliphatic carbocycles. The van der Waals surface area contributed by atoms with Crippen LogP contribution in [0.25, 0.3) is 11.4 Å². The normalized spacial score (nSPS) is 14.5. The van der Waals surface area contributed by atoms with Crippen molar-refractivity contribution >= 4 is 33.6 Å². The van der Waals surface area contributed by atoms with Gasteiger partial charge in [-0.2, -0.15) is 0 Å². The van der Waals surface area contributed by atoms with Crippen LogP contribution in [-0.4, -0.2) is 44.4 Å². The van der Waals surface area contributed by atoms with Crippen molar-refractivity contribution in [1.29, 1.82) is 0 Å². The second kappa shape index (κ2) is 8.67. The first-order chi connectivity index (χ1) is 12.2. The molecule has 2 aromatic rings. The number of amides is 1. The van der Waals surface area contributed by atoms with Crippen LogP contribution in [0.1, 0.15) is 19.3 Å². The van der Waals surface area contributed by atoms with Crippen LogP contribution in [0.4, 0.5) is 0 Å². The van der Waals surface area contributed by atoms with Crippen molar-refractivity contribution in [1.82, 2.24) is 19.7 Å². The summed E-state index contributed by atoms with van der Waals surface area (Å²) in [4.78, 5) is 18.9. The molecule has 7 heteroatoms. The van der Waals surface area contributed by atoms with Crippen LogP contribution < -0.4 is 0 Å². The van der Waals surface area contributed by atoms with Gasteiger partial charge in [-0.05, 0) is 31.4 Å². The van der Waals surface area contributed by atoms with Gasteiger partial charge < -0.3 is 4.90 Å². The highest BCUT2D eigenvalue weighted by atomic mass is 79.9. The second-order valence-corrected chi connectivity index (χ2v) is 7.78. The SMILES string of the molecule is C=CCn1nc(SCC(=O)N2CCCCC2)nc1-c1ccc(Br)cc1. The zero-order valence-corrected chi connectivity index (χ0v) is 16.4. The molecule has 0 saturated carbocycles. The predicted molar refractivity (Wildman–Crippen MR) is 105 cm³/mol. The van der Waals surface area contributed by atoms with Gasteiger partial charge in [-0.3, -0.25) is 4.79 Å². The fraction of sp³-hybridized carbons (Fsp3) is 0.389. The molecule has 25 heavy (non-hydrogen) atoms. The highest BCUT2D eigenvalue weighted by molar-refractivity contribution is 9.10. The molecule has 1 aliphatic heterocycles. The van der Waals surface area contributed by atoms with Gasteiger partial charge in [-0.25, -0.2) is 9.67 Å². The summed E-state index contributed by atoms with van der Waals surface area (Å²) in [6, 6.07) is 7.96. The molecule has 2 heterocycles. The first-order valence-electron chi connectivity index (χ1n) is 8.39. The van der Waals surface area contributed by atoms with E-state index in [4.69, 9.17) is 0 Å². The monoisotopic (exact) mass is 420 g/mol. The lowest BCUT2D eigenvalue weighted by Crippen LogP contribution is -2.36. The number of benzene rings is 1. The van der Waals surface area contributed by atoms with E-state index in [1.807, 2.05) is 33.8 Å². The number of thioether (sulfide) groups is 1. The molecule has 1 aliphatic rings. The van der Waals surface area contributed by atoms with Gasteiger partial charge in [0, 0.05) is 23.1 Å². The molecule has 0 spiro atoms. The van der Waals surface area contributed by atoms with Crippen LogP contribution in [0.3, 0.4) is 0 Å². The van der Waals surface area contributed by atoms with Gasteiger partial charge in [0.25, 0.3) is 0 Å². The summed E-state index contributed by atoms with van der Waals surface area (Å²) in [6.45, 7) is 6.12. The Morgan fingerprint density at radius 3 is 2.64 bits per heavy atom. The van der Waals surface area contributed by atoms with E-state index in [9.17, 15) is 4.79 Å². The minimum absolute atomic E-state index is 0.176. The fourth-order valence-corrected chi connectivity index (χ4v) is 3.81. The molecular formula is C18H21BrN4OS. The Bertz CT molecular complexity index is 738. The van der Waals surface area contributed by atoms with Crippen LogP contribution in [-0.2, 0) is 11.3 Å². The molecule has 0 atom stereocenters. The summed E-state index contributed by atoms with van der Waals surface area (Å²) < 4.78 is 2.84. The van der Waals surface area contributed by atoms with Crippen LogP contribution in [0, 0.1) is 0 Å². The number of allylic oxidation sites excluding steroid dienone is 1. The molecule has 5 nitrogen and oxygen atoms in total. The number of halogens is 1. The van der Waals surface area contributed by atoms with E-state index in [1.54, 1.807) is 6.08 Å². The number of likely N-dealkylation sites (tertiary alicyclic amines) is 1. The number of hydrogen-bond donors (Lipinski definition) is 0. The topological polar surface area (TPSA) is 51.0 Å². The Hall–Kier alpha value is -1.60. The molecule has 0 bridgehead atoms. The van der Waals surface area contributed by atoms with Gasteiger partial charge in [0.1, 0.15) is 0 Å². The zero-order valence-electron chi connectivity index (χ0n) is 14.0. The maximum Gasteiger partial charge on any atom is 0.233 e. The van der Waals surface area contributed by atoms with Crippen LogP contribution in [0.5, 0.6) is 0 Å². The molecule has 0 N–H and O–H groups in total. The molecule has 1 fully saturated rings. The summed E-state index contributed by atoms with van der Waals surface area (Å²) >= 11 is 4.85. The van der Waals surface area contributed by atoms with Crippen LogP contribution in [0.2, 0.25) is 0 Å². The quantitative estimate of drug-likeness (QED) is 0.523. The molecule has 1 amide bonds. The number of piperidine rings is 1. The highest BCUT2D eigenvalue weighted by Gasteiger charge is 2.18. The van der Waals surface area contributed by atoms with Gasteiger partial charge in [-0.1, -0.05) is 45.9 Å². The summed E-state index contributed by atoms with van der Waals surface area (Å²) in [7, 11) is 0. The third kappa shape index (κ3) is 4.73. The smallest absolute Gasteiger partial charge is 0.233 e. The Morgan fingerprint density at radius 2 is 1.96 bits per heavy atom. The van der Waals surface area contributed by atoms with Crippen molar-refractivity contribution < 1.29 is 4.79 Å². The highest BCUT2D eigenvalue weighted by Crippen LogP contribution is 2.24. The predicted octanol–water partition coefficient (Wildman–Crippen LogP) is 4.00. The number of nitrogens with zero attached hydrogens (tertiary/aromatic N) is 4. The minimum Gasteiger partial charge on any atom is -0.342 e. The lowest BCUT2D eigenvalue weighted by Gasteiger charge is -2.26. The molecule has 1 saturated heterocycles. The first kappa shape index (κ1) is 18.2. The van der Waals surface area contributed by atoms with E-state index < -0.39 is 0 Å². The molecule has 0 radical (unpaired) electrons. The molecular weight excluding hydrogens is 400 g/mol. The number of carbonyl (C=O) groups is 1. The van der Waals surface area contributed by atoms with Gasteiger partial charge >= 0.3 is 0 Å². The molecule has 0 unspecified atom stereocenters. The summed E-state index contributed by atoms with van der Waals surface area (Å²) in [5, 5.41) is 5.16. The van der Waals surface area contributed by atoms with Crippen molar-refractivity contribution in [2.75, 3.05) is 18.8 Å². The van der Waals surface area contributed by atoms with E-state index in [2.05, 4.69) is 32.6 Å². The van der Waals surface area contributed by atoms with Gasteiger partial charge in [0.2, 0.25) is 11.1 Å². The van der Waals surface area contributed by atoms with E-state index >= 15 is 0 Å². The van der Waals surface area contributed by atoms with E-state index in [1.165, 1.54) is 18.2 Å². The molecule has 132 valence electrons. The number of hydrogen-bond acceptors (Lipinski definition) is 4. The van der Waals surface area contributed by atoms with Crippen molar-refractivity contribution in [2.45, 2.75) is 31.0 Å². The Kier molecular flexibility index (Phi) is 6.31. The first-order valence-corrected chi connectivity index (χ1v) is 10.2. The van der Waals surface area contributed by atoms with Gasteiger partial charge in [0.15, 0.2) is 5.82 Å². The Morgan fingerprint density at radius 1 is 1.24 bits per heavy atom. The number of aromatic nitrogens is 3. The number of carbonyl (C=O) groups excluding carboxylic acids is 1. The number of rotatable bonds is 6. The standard InChI is InChI=1S/C18H21BrN4OS/c1-2-10-23-17(14-6-8-15(19)9-7-14)20-18(21-23)25-13-16(24)22-11-4-3-5-12-22/h2,6-9H,1,3-5,10-13H2.